The Morgan fingerprint density at radius 2 is 2.07 bits per heavy atom. The second kappa shape index (κ2) is 4.26. The van der Waals surface area contributed by atoms with Crippen molar-refractivity contribution in [1.29, 1.82) is 0 Å². The Labute approximate surface area is 92.5 Å². The maximum absolute atomic E-state index is 4.35. The molecule has 4 heteroatoms. The summed E-state index contributed by atoms with van der Waals surface area (Å²) in [6, 6.07) is 2.54. The maximum atomic E-state index is 4.35. The normalized spacial score (nSPS) is 17.3. The van der Waals surface area contributed by atoms with E-state index in [1.807, 2.05) is 13.0 Å². The molecule has 0 spiro atoms. The molecule has 1 fully saturated rings. The van der Waals surface area contributed by atoms with Gasteiger partial charge in [0.25, 0.3) is 0 Å². The van der Waals surface area contributed by atoms with Gasteiger partial charge in [-0.1, -0.05) is 12.8 Å². The van der Waals surface area contributed by atoms with Crippen LogP contribution in [0.15, 0.2) is 10.7 Å². The Morgan fingerprint density at radius 3 is 2.71 bits per heavy atom. The monoisotopic (exact) mass is 255 g/mol. The molecule has 1 aliphatic rings. The first-order valence-corrected chi connectivity index (χ1v) is 5.81. The standard InChI is InChI=1S/C10H14BrN3/c1-7-12-9(11)6-10(13-7)14-8-4-2-3-5-8/h6,8H,2-5H2,1H3,(H,12,13,14). The third-order valence-electron chi connectivity index (χ3n) is 2.51. The molecule has 0 aliphatic heterocycles. The lowest BCUT2D eigenvalue weighted by Crippen LogP contribution is -2.15. The summed E-state index contributed by atoms with van der Waals surface area (Å²) in [5.41, 5.74) is 0. The fraction of sp³-hybridized carbons (Fsp3) is 0.600. The molecule has 1 heterocycles. The zero-order valence-electron chi connectivity index (χ0n) is 8.26. The van der Waals surface area contributed by atoms with Crippen LogP contribution >= 0.6 is 15.9 Å². The van der Waals surface area contributed by atoms with Gasteiger partial charge in [0, 0.05) is 12.1 Å². The average Bonchev–Trinajstić information content (AvgIpc) is 2.54. The van der Waals surface area contributed by atoms with E-state index in [2.05, 4.69) is 31.2 Å². The fourth-order valence-corrected chi connectivity index (χ4v) is 2.36. The molecule has 2 rings (SSSR count). The van der Waals surface area contributed by atoms with Gasteiger partial charge in [-0.05, 0) is 35.7 Å². The number of nitrogens with zero attached hydrogens (tertiary/aromatic N) is 2. The molecule has 1 aromatic heterocycles. The number of anilines is 1. The van der Waals surface area contributed by atoms with Crippen LogP contribution in [0.25, 0.3) is 0 Å². The molecule has 1 saturated carbocycles. The van der Waals surface area contributed by atoms with Gasteiger partial charge < -0.3 is 5.32 Å². The predicted octanol–water partition coefficient (Wildman–Crippen LogP) is 2.90. The molecule has 0 atom stereocenters. The van der Waals surface area contributed by atoms with Gasteiger partial charge >= 0.3 is 0 Å². The van der Waals surface area contributed by atoms with E-state index in [1.54, 1.807) is 0 Å². The largest absolute Gasteiger partial charge is 0.367 e. The smallest absolute Gasteiger partial charge is 0.131 e. The van der Waals surface area contributed by atoms with Crippen LogP contribution in [0.5, 0.6) is 0 Å². The highest BCUT2D eigenvalue weighted by Gasteiger charge is 2.15. The van der Waals surface area contributed by atoms with Crippen molar-refractivity contribution in [2.24, 2.45) is 0 Å². The van der Waals surface area contributed by atoms with Crippen molar-refractivity contribution in [3.8, 4) is 0 Å². The third kappa shape index (κ3) is 2.44. The summed E-state index contributed by atoms with van der Waals surface area (Å²) in [5, 5.41) is 3.44. The molecule has 0 amide bonds. The van der Waals surface area contributed by atoms with E-state index in [1.165, 1.54) is 25.7 Å². The highest BCUT2D eigenvalue weighted by molar-refractivity contribution is 9.10. The summed E-state index contributed by atoms with van der Waals surface area (Å²) in [7, 11) is 0. The first kappa shape index (κ1) is 9.90. The minimum Gasteiger partial charge on any atom is -0.367 e. The molecule has 1 N–H and O–H groups in total. The zero-order chi connectivity index (χ0) is 9.97. The molecule has 0 bridgehead atoms. The number of nitrogens with one attached hydrogen (secondary N) is 1. The first-order valence-electron chi connectivity index (χ1n) is 5.02. The van der Waals surface area contributed by atoms with Gasteiger partial charge in [-0.25, -0.2) is 9.97 Å². The Morgan fingerprint density at radius 1 is 1.36 bits per heavy atom. The van der Waals surface area contributed by atoms with Gasteiger partial charge in [-0.2, -0.15) is 0 Å². The lowest BCUT2D eigenvalue weighted by molar-refractivity contribution is 0.748. The van der Waals surface area contributed by atoms with Crippen LogP contribution in [0.2, 0.25) is 0 Å². The predicted molar refractivity (Wildman–Crippen MR) is 60.3 cm³/mol. The number of rotatable bonds is 2. The van der Waals surface area contributed by atoms with E-state index in [-0.39, 0.29) is 0 Å². The van der Waals surface area contributed by atoms with Gasteiger partial charge in [-0.15, -0.1) is 0 Å². The summed E-state index contributed by atoms with van der Waals surface area (Å²) in [6.45, 7) is 1.91. The van der Waals surface area contributed by atoms with Crippen LogP contribution in [-0.2, 0) is 0 Å². The zero-order valence-corrected chi connectivity index (χ0v) is 9.84. The topological polar surface area (TPSA) is 37.8 Å². The van der Waals surface area contributed by atoms with Gasteiger partial charge in [0.05, 0.1) is 0 Å². The summed E-state index contributed by atoms with van der Waals surface area (Å²) >= 11 is 3.37. The molecule has 0 unspecified atom stereocenters. The minimum absolute atomic E-state index is 0.608. The van der Waals surface area contributed by atoms with Crippen LogP contribution in [-0.4, -0.2) is 16.0 Å². The second-order valence-corrected chi connectivity index (χ2v) is 4.56. The number of aryl methyl sites for hydroxylation is 1. The summed E-state index contributed by atoms with van der Waals surface area (Å²) in [5.74, 6) is 1.75. The van der Waals surface area contributed by atoms with Crippen molar-refractivity contribution >= 4 is 21.7 Å². The lowest BCUT2D eigenvalue weighted by Gasteiger charge is -2.12. The van der Waals surface area contributed by atoms with E-state index < -0.39 is 0 Å². The molecule has 3 nitrogen and oxygen atoms in total. The van der Waals surface area contributed by atoms with Crippen molar-refractivity contribution in [2.75, 3.05) is 5.32 Å². The fourth-order valence-electron chi connectivity index (χ4n) is 1.88. The van der Waals surface area contributed by atoms with Crippen LogP contribution < -0.4 is 5.32 Å². The van der Waals surface area contributed by atoms with Crippen LogP contribution in [0.1, 0.15) is 31.5 Å². The quantitative estimate of drug-likeness (QED) is 0.827. The summed E-state index contributed by atoms with van der Waals surface area (Å²) in [4.78, 5) is 8.52. The Kier molecular flexibility index (Phi) is 3.01. The number of hydrogen-bond donors (Lipinski definition) is 1. The van der Waals surface area contributed by atoms with Crippen LogP contribution in [0, 0.1) is 6.92 Å². The Hall–Kier alpha value is -0.640. The van der Waals surface area contributed by atoms with E-state index in [4.69, 9.17) is 0 Å². The van der Waals surface area contributed by atoms with Gasteiger partial charge in [0.15, 0.2) is 0 Å². The molecule has 0 saturated heterocycles. The van der Waals surface area contributed by atoms with Crippen molar-refractivity contribution in [1.82, 2.24) is 9.97 Å². The highest BCUT2D eigenvalue weighted by atomic mass is 79.9. The molecule has 76 valence electrons. The van der Waals surface area contributed by atoms with Crippen molar-refractivity contribution in [2.45, 2.75) is 38.6 Å². The molecule has 1 aromatic rings. The van der Waals surface area contributed by atoms with Gasteiger partial charge in [-0.3, -0.25) is 0 Å². The maximum Gasteiger partial charge on any atom is 0.131 e. The summed E-state index contributed by atoms with van der Waals surface area (Å²) < 4.78 is 0.852. The average molecular weight is 256 g/mol. The Bertz CT molecular complexity index is 301. The van der Waals surface area contributed by atoms with Crippen molar-refractivity contribution in [3.63, 3.8) is 0 Å². The minimum atomic E-state index is 0.608. The molecular weight excluding hydrogens is 242 g/mol. The molecule has 0 radical (unpaired) electrons. The Balaban J connectivity index is 2.07. The first-order chi connectivity index (χ1) is 6.74. The number of aromatic nitrogens is 2. The van der Waals surface area contributed by atoms with Crippen molar-refractivity contribution in [3.05, 3.63) is 16.5 Å². The number of hydrogen-bond acceptors (Lipinski definition) is 3. The molecule has 0 aromatic carbocycles. The molecule has 1 aliphatic carbocycles. The van der Waals surface area contributed by atoms with Crippen molar-refractivity contribution < 1.29 is 0 Å². The van der Waals surface area contributed by atoms with E-state index in [0.29, 0.717) is 6.04 Å². The van der Waals surface area contributed by atoms with E-state index in [0.717, 1.165) is 16.2 Å². The molecule has 14 heavy (non-hydrogen) atoms. The summed E-state index contributed by atoms with van der Waals surface area (Å²) in [6.07, 6.45) is 5.20. The van der Waals surface area contributed by atoms with E-state index in [9.17, 15) is 0 Å². The van der Waals surface area contributed by atoms with Gasteiger partial charge in [0.2, 0.25) is 0 Å². The molecular formula is C10H14BrN3. The second-order valence-electron chi connectivity index (χ2n) is 3.75. The number of halogens is 1. The van der Waals surface area contributed by atoms with Crippen LogP contribution in [0.4, 0.5) is 5.82 Å². The van der Waals surface area contributed by atoms with Crippen LogP contribution in [0.3, 0.4) is 0 Å². The highest BCUT2D eigenvalue weighted by Crippen LogP contribution is 2.22. The van der Waals surface area contributed by atoms with E-state index >= 15 is 0 Å². The van der Waals surface area contributed by atoms with Gasteiger partial charge in [0.1, 0.15) is 16.2 Å². The lowest BCUT2D eigenvalue weighted by atomic mass is 10.2. The SMILES string of the molecule is Cc1nc(Br)cc(NC2CCCC2)n1. The third-order valence-corrected chi connectivity index (χ3v) is 2.92.